The van der Waals surface area contributed by atoms with E-state index in [0.717, 1.165) is 69.6 Å². The van der Waals surface area contributed by atoms with E-state index in [4.69, 9.17) is 14.7 Å². The molecule has 3 aromatic rings. The number of aromatic hydroxyl groups is 1. The fourth-order valence-electron chi connectivity index (χ4n) is 5.81. The molecule has 0 spiro atoms. The normalized spacial score (nSPS) is 20.0. The van der Waals surface area contributed by atoms with Gasteiger partial charge in [0.2, 0.25) is 0 Å². The van der Waals surface area contributed by atoms with Gasteiger partial charge in [-0.05, 0) is 73.1 Å². The van der Waals surface area contributed by atoms with Crippen molar-refractivity contribution in [3.05, 3.63) is 50.7 Å². The molecule has 1 amide bonds. The highest BCUT2D eigenvalue weighted by atomic mass is 127. The maximum absolute atomic E-state index is 13.9. The topological polar surface area (TPSA) is 82.0 Å². The zero-order valence-corrected chi connectivity index (χ0v) is 25.6. The predicted molar refractivity (Wildman–Crippen MR) is 164 cm³/mol. The van der Waals surface area contributed by atoms with Crippen LogP contribution < -0.4 is 9.64 Å². The van der Waals surface area contributed by atoms with Crippen LogP contribution in [0.25, 0.3) is 10.8 Å². The molecular formula is C29H34IN5O3S. The molecule has 1 N–H and O–H groups in total. The maximum atomic E-state index is 13.9. The summed E-state index contributed by atoms with van der Waals surface area (Å²) < 4.78 is 7.25. The number of carbonyl (C=O) groups excluding carboxylic acids is 1. The molecule has 10 heteroatoms. The van der Waals surface area contributed by atoms with Crippen LogP contribution in [0.5, 0.6) is 11.8 Å². The lowest BCUT2D eigenvalue weighted by molar-refractivity contribution is 0.0752. The molecule has 1 aromatic heterocycles. The van der Waals surface area contributed by atoms with Gasteiger partial charge in [0.15, 0.2) is 0 Å². The van der Waals surface area contributed by atoms with Crippen molar-refractivity contribution in [1.29, 1.82) is 0 Å². The minimum Gasteiger partial charge on any atom is -0.508 e. The van der Waals surface area contributed by atoms with E-state index in [2.05, 4.69) is 53.4 Å². The number of phenolic OH excluding ortho intramolecular Hbond substituents is 1. The minimum atomic E-state index is -0.114. The number of carbonyl (C=O) groups is 1. The summed E-state index contributed by atoms with van der Waals surface area (Å²) in [5, 5.41) is 12.6. The summed E-state index contributed by atoms with van der Waals surface area (Å²) >= 11 is 4.24. The SMILES string of the molecule is CC1CN(c2nc(OCC3(CN(C)C)CC3)nc3c2CN(C(=O)c2cc(O)cc4cccc(I)c24)C3)CCS1. The highest BCUT2D eigenvalue weighted by Crippen LogP contribution is 2.46. The predicted octanol–water partition coefficient (Wildman–Crippen LogP) is 4.76. The van der Waals surface area contributed by atoms with Crippen molar-refractivity contribution >= 4 is 56.9 Å². The molecular weight excluding hydrogens is 625 g/mol. The Kier molecular flexibility index (Phi) is 7.30. The molecule has 3 aliphatic rings. The van der Waals surface area contributed by atoms with Crippen molar-refractivity contribution in [2.24, 2.45) is 5.41 Å². The Hall–Kier alpha value is -2.31. The van der Waals surface area contributed by atoms with E-state index < -0.39 is 0 Å². The van der Waals surface area contributed by atoms with Crippen LogP contribution in [0, 0.1) is 8.99 Å². The molecule has 1 saturated carbocycles. The molecule has 0 radical (unpaired) electrons. The zero-order chi connectivity index (χ0) is 27.3. The first-order chi connectivity index (χ1) is 18.7. The van der Waals surface area contributed by atoms with Gasteiger partial charge < -0.3 is 24.5 Å². The van der Waals surface area contributed by atoms with E-state index in [0.29, 0.717) is 36.5 Å². The third kappa shape index (κ3) is 5.52. The largest absolute Gasteiger partial charge is 0.508 e. The van der Waals surface area contributed by atoms with E-state index in [-0.39, 0.29) is 17.1 Å². The molecule has 1 unspecified atom stereocenters. The lowest BCUT2D eigenvalue weighted by Crippen LogP contribution is -2.38. The van der Waals surface area contributed by atoms with Crippen molar-refractivity contribution in [2.45, 2.75) is 38.1 Å². The summed E-state index contributed by atoms with van der Waals surface area (Å²) in [6.07, 6.45) is 2.31. The van der Waals surface area contributed by atoms with Crippen molar-refractivity contribution in [3.8, 4) is 11.8 Å². The molecule has 2 aliphatic heterocycles. The molecule has 2 aromatic carbocycles. The Morgan fingerprint density at radius 3 is 2.82 bits per heavy atom. The lowest BCUT2D eigenvalue weighted by atomic mass is 10.0. The molecule has 0 bridgehead atoms. The van der Waals surface area contributed by atoms with Crippen LogP contribution in [0.4, 0.5) is 5.82 Å². The fourth-order valence-corrected chi connectivity index (χ4v) is 7.64. The minimum absolute atomic E-state index is 0.0901. The summed E-state index contributed by atoms with van der Waals surface area (Å²) in [5.74, 6) is 1.91. The second-order valence-corrected chi connectivity index (χ2v) is 14.1. The number of hydrogen-bond donors (Lipinski definition) is 1. The number of amides is 1. The van der Waals surface area contributed by atoms with Crippen LogP contribution in [0.15, 0.2) is 30.3 Å². The molecule has 2 fully saturated rings. The molecule has 206 valence electrons. The average Bonchev–Trinajstić information content (AvgIpc) is 3.51. The number of ether oxygens (including phenoxy) is 1. The molecule has 1 saturated heterocycles. The van der Waals surface area contributed by atoms with Gasteiger partial charge in [-0.25, -0.2) is 0 Å². The highest BCUT2D eigenvalue weighted by molar-refractivity contribution is 14.1. The van der Waals surface area contributed by atoms with Crippen LogP contribution in [0.3, 0.4) is 0 Å². The smallest absolute Gasteiger partial charge is 0.318 e. The Labute approximate surface area is 247 Å². The fraction of sp³-hybridized carbons (Fsp3) is 0.483. The van der Waals surface area contributed by atoms with Gasteiger partial charge in [0.05, 0.1) is 31.0 Å². The quantitative estimate of drug-likeness (QED) is 0.364. The number of rotatable bonds is 7. The van der Waals surface area contributed by atoms with Crippen molar-refractivity contribution in [2.75, 3.05) is 51.0 Å². The molecule has 6 rings (SSSR count). The number of hydrogen-bond acceptors (Lipinski definition) is 8. The number of benzene rings is 2. The summed E-state index contributed by atoms with van der Waals surface area (Å²) in [7, 11) is 4.20. The Morgan fingerprint density at radius 2 is 2.08 bits per heavy atom. The van der Waals surface area contributed by atoms with Gasteiger partial charge in [-0.15, -0.1) is 0 Å². The molecule has 1 aliphatic carbocycles. The van der Waals surface area contributed by atoms with Gasteiger partial charge in [0.1, 0.15) is 11.6 Å². The Balaban J connectivity index is 1.32. The number of aromatic nitrogens is 2. The summed E-state index contributed by atoms with van der Waals surface area (Å²) in [4.78, 5) is 30.1. The van der Waals surface area contributed by atoms with Crippen molar-refractivity contribution < 1.29 is 14.6 Å². The van der Waals surface area contributed by atoms with E-state index in [1.165, 1.54) is 0 Å². The number of fused-ring (bicyclic) bond motifs is 2. The van der Waals surface area contributed by atoms with Crippen LogP contribution in [-0.2, 0) is 13.1 Å². The molecule has 39 heavy (non-hydrogen) atoms. The van der Waals surface area contributed by atoms with E-state index in [9.17, 15) is 9.90 Å². The Bertz CT molecular complexity index is 1430. The summed E-state index contributed by atoms with van der Waals surface area (Å²) in [6, 6.07) is 9.56. The maximum Gasteiger partial charge on any atom is 0.318 e. The third-order valence-corrected chi connectivity index (χ3v) is 9.86. The lowest BCUT2D eigenvalue weighted by Gasteiger charge is -2.32. The monoisotopic (exact) mass is 659 g/mol. The van der Waals surface area contributed by atoms with Crippen LogP contribution in [-0.4, -0.2) is 82.1 Å². The second-order valence-electron chi connectivity index (χ2n) is 11.4. The highest BCUT2D eigenvalue weighted by Gasteiger charge is 2.44. The number of halogens is 1. The van der Waals surface area contributed by atoms with Gasteiger partial charge in [0.25, 0.3) is 5.91 Å². The molecule has 1 atom stereocenters. The Morgan fingerprint density at radius 1 is 1.26 bits per heavy atom. The van der Waals surface area contributed by atoms with Gasteiger partial charge >= 0.3 is 6.01 Å². The van der Waals surface area contributed by atoms with E-state index in [1.807, 2.05) is 34.9 Å². The molecule has 8 nitrogen and oxygen atoms in total. The third-order valence-electron chi connectivity index (χ3n) is 7.83. The number of phenols is 1. The van der Waals surface area contributed by atoms with Gasteiger partial charge in [-0.3, -0.25) is 4.79 Å². The zero-order valence-electron chi connectivity index (χ0n) is 22.6. The standard InChI is InChI=1S/C29H34IN5O3S/c1-18-13-34(9-10-39-18)26-22-14-35(27(37)21-12-20(36)11-19-5-4-6-23(30)25(19)21)15-24(22)31-28(32-26)38-17-29(7-8-29)16-33(2)3/h4-6,11-12,18,36H,7-10,13-17H2,1-3H3. The number of nitrogens with zero attached hydrogens (tertiary/aromatic N) is 5. The van der Waals surface area contributed by atoms with Crippen molar-refractivity contribution in [3.63, 3.8) is 0 Å². The van der Waals surface area contributed by atoms with Crippen LogP contribution in [0.1, 0.15) is 41.4 Å². The second kappa shape index (κ2) is 10.6. The average molecular weight is 660 g/mol. The summed E-state index contributed by atoms with van der Waals surface area (Å²) in [6.45, 7) is 6.48. The van der Waals surface area contributed by atoms with Gasteiger partial charge in [-0.2, -0.15) is 21.7 Å². The number of anilines is 1. The first-order valence-corrected chi connectivity index (χ1v) is 15.6. The number of thioether (sulfide) groups is 1. The van der Waals surface area contributed by atoms with Crippen LogP contribution >= 0.6 is 34.4 Å². The van der Waals surface area contributed by atoms with Gasteiger partial charge in [0, 0.05) is 50.6 Å². The van der Waals surface area contributed by atoms with E-state index >= 15 is 0 Å². The summed E-state index contributed by atoms with van der Waals surface area (Å²) in [5.41, 5.74) is 2.54. The van der Waals surface area contributed by atoms with Crippen LogP contribution in [0.2, 0.25) is 0 Å². The first-order valence-electron chi connectivity index (χ1n) is 13.5. The first kappa shape index (κ1) is 26.9. The van der Waals surface area contributed by atoms with E-state index in [1.54, 1.807) is 12.1 Å². The molecule has 3 heterocycles. The van der Waals surface area contributed by atoms with Crippen molar-refractivity contribution in [1.82, 2.24) is 19.8 Å². The van der Waals surface area contributed by atoms with Gasteiger partial charge in [-0.1, -0.05) is 19.1 Å².